The summed E-state index contributed by atoms with van der Waals surface area (Å²) >= 11 is 0. The summed E-state index contributed by atoms with van der Waals surface area (Å²) in [5.41, 5.74) is 7.09. The lowest BCUT2D eigenvalue weighted by atomic mass is 10.0. The van der Waals surface area contributed by atoms with E-state index in [1.54, 1.807) is 12.1 Å². The van der Waals surface area contributed by atoms with Crippen molar-refractivity contribution in [3.8, 4) is 0 Å². The quantitative estimate of drug-likeness (QED) is 0.764. The van der Waals surface area contributed by atoms with Gasteiger partial charge in [-0.2, -0.15) is 0 Å². The molecule has 2 rings (SSSR count). The maximum Gasteiger partial charge on any atom is 0.126 e. The minimum atomic E-state index is -0.223. The molecule has 0 amide bonds. The molecule has 1 saturated carbocycles. The largest absolute Gasteiger partial charge is 0.392 e. The monoisotopic (exact) mass is 195 g/mol. The Kier molecular flexibility index (Phi) is 2.29. The fraction of sp³-hybridized carbons (Fsp3) is 0.455. The van der Waals surface area contributed by atoms with Crippen LogP contribution in [0.5, 0.6) is 0 Å². The van der Waals surface area contributed by atoms with E-state index in [1.807, 2.05) is 0 Å². The van der Waals surface area contributed by atoms with Crippen LogP contribution in [0.15, 0.2) is 18.2 Å². The van der Waals surface area contributed by atoms with E-state index in [-0.39, 0.29) is 18.0 Å². The van der Waals surface area contributed by atoms with Crippen LogP contribution in [0, 0.1) is 5.82 Å². The summed E-state index contributed by atoms with van der Waals surface area (Å²) in [6, 6.07) is 4.68. The van der Waals surface area contributed by atoms with E-state index in [0.29, 0.717) is 12.0 Å². The number of halogens is 1. The predicted molar refractivity (Wildman–Crippen MR) is 52.2 cm³/mol. The van der Waals surface area contributed by atoms with E-state index in [9.17, 15) is 4.39 Å². The van der Waals surface area contributed by atoms with Crippen molar-refractivity contribution in [1.29, 1.82) is 0 Å². The summed E-state index contributed by atoms with van der Waals surface area (Å²) in [5, 5.41) is 8.91. The van der Waals surface area contributed by atoms with Crippen LogP contribution in [0.2, 0.25) is 0 Å². The van der Waals surface area contributed by atoms with Gasteiger partial charge in [0.15, 0.2) is 0 Å². The van der Waals surface area contributed by atoms with Gasteiger partial charge in [0, 0.05) is 5.54 Å². The van der Waals surface area contributed by atoms with Gasteiger partial charge in [-0.3, -0.25) is 0 Å². The zero-order valence-corrected chi connectivity index (χ0v) is 7.96. The summed E-state index contributed by atoms with van der Waals surface area (Å²) in [6.07, 6.45) is 2.51. The van der Waals surface area contributed by atoms with E-state index < -0.39 is 0 Å². The third-order valence-corrected chi connectivity index (χ3v) is 2.73. The van der Waals surface area contributed by atoms with E-state index in [4.69, 9.17) is 10.8 Å². The Balaban J connectivity index is 2.22. The second kappa shape index (κ2) is 3.33. The van der Waals surface area contributed by atoms with Crippen LogP contribution in [0.25, 0.3) is 0 Å². The third-order valence-electron chi connectivity index (χ3n) is 2.73. The van der Waals surface area contributed by atoms with Crippen molar-refractivity contribution < 1.29 is 9.50 Å². The highest BCUT2D eigenvalue weighted by Gasteiger charge is 2.38. The van der Waals surface area contributed by atoms with Crippen molar-refractivity contribution in [1.82, 2.24) is 0 Å². The number of rotatable bonds is 3. The number of hydrogen-bond donors (Lipinski definition) is 2. The molecule has 0 aliphatic heterocycles. The van der Waals surface area contributed by atoms with Gasteiger partial charge in [0.25, 0.3) is 0 Å². The fourth-order valence-electron chi connectivity index (χ4n) is 1.58. The van der Waals surface area contributed by atoms with Gasteiger partial charge < -0.3 is 10.8 Å². The maximum atomic E-state index is 13.3. The van der Waals surface area contributed by atoms with Gasteiger partial charge >= 0.3 is 0 Å². The van der Waals surface area contributed by atoms with Crippen molar-refractivity contribution in [2.45, 2.75) is 31.4 Å². The van der Waals surface area contributed by atoms with Crippen molar-refractivity contribution in [2.24, 2.45) is 5.73 Å². The Morgan fingerprint density at radius 1 is 1.43 bits per heavy atom. The molecule has 1 aliphatic carbocycles. The minimum absolute atomic E-state index is 0.0507. The molecule has 0 unspecified atom stereocenters. The van der Waals surface area contributed by atoms with Crippen LogP contribution in [0.3, 0.4) is 0 Å². The first-order valence-corrected chi connectivity index (χ1v) is 4.80. The smallest absolute Gasteiger partial charge is 0.126 e. The molecule has 3 heteroatoms. The predicted octanol–water partition coefficient (Wildman–Crippen LogP) is 1.35. The summed E-state index contributed by atoms with van der Waals surface area (Å²) < 4.78 is 13.3. The molecular weight excluding hydrogens is 181 g/mol. The molecule has 0 bridgehead atoms. The van der Waals surface area contributed by atoms with Gasteiger partial charge in [-0.15, -0.1) is 0 Å². The van der Waals surface area contributed by atoms with Gasteiger partial charge in [0.1, 0.15) is 5.82 Å². The highest BCUT2D eigenvalue weighted by Crippen LogP contribution is 2.36. The molecule has 3 N–H and O–H groups in total. The van der Waals surface area contributed by atoms with Gasteiger partial charge in [0.05, 0.1) is 6.61 Å². The molecular formula is C11H14FNO. The molecule has 1 aromatic rings. The maximum absolute atomic E-state index is 13.3. The summed E-state index contributed by atoms with van der Waals surface area (Å²) in [5.74, 6) is -0.223. The van der Waals surface area contributed by atoms with Crippen LogP contribution < -0.4 is 5.73 Å². The van der Waals surface area contributed by atoms with E-state index >= 15 is 0 Å². The van der Waals surface area contributed by atoms with Crippen molar-refractivity contribution in [3.05, 3.63) is 35.1 Å². The van der Waals surface area contributed by atoms with Gasteiger partial charge in [-0.05, 0) is 36.5 Å². The molecule has 1 aromatic carbocycles. The first-order chi connectivity index (χ1) is 6.63. The molecule has 0 saturated heterocycles. The molecule has 1 aliphatic rings. The second-order valence-electron chi connectivity index (χ2n) is 4.12. The van der Waals surface area contributed by atoms with Crippen LogP contribution >= 0.6 is 0 Å². The van der Waals surface area contributed by atoms with Gasteiger partial charge in [-0.25, -0.2) is 4.39 Å². The van der Waals surface area contributed by atoms with E-state index in [1.165, 1.54) is 6.07 Å². The molecule has 0 radical (unpaired) electrons. The molecule has 76 valence electrons. The molecule has 0 atom stereocenters. The lowest BCUT2D eigenvalue weighted by Gasteiger charge is -2.10. The number of aliphatic hydroxyl groups is 1. The lowest BCUT2D eigenvalue weighted by Crippen LogP contribution is -2.25. The van der Waals surface area contributed by atoms with Crippen molar-refractivity contribution in [2.75, 3.05) is 0 Å². The van der Waals surface area contributed by atoms with Crippen LogP contribution in [0.4, 0.5) is 4.39 Å². The van der Waals surface area contributed by atoms with Crippen molar-refractivity contribution in [3.63, 3.8) is 0 Å². The first-order valence-electron chi connectivity index (χ1n) is 4.80. The fourth-order valence-corrected chi connectivity index (χ4v) is 1.58. The Bertz CT molecular complexity index is 347. The van der Waals surface area contributed by atoms with E-state index in [0.717, 1.165) is 18.4 Å². The molecule has 14 heavy (non-hydrogen) atoms. The SMILES string of the molecule is NC1(Cc2cc(CO)ccc2F)CC1. The molecule has 1 fully saturated rings. The normalized spacial score (nSPS) is 18.2. The molecule has 2 nitrogen and oxygen atoms in total. The summed E-state index contributed by atoms with van der Waals surface area (Å²) in [6.45, 7) is -0.0507. The van der Waals surface area contributed by atoms with E-state index in [2.05, 4.69) is 0 Å². The number of nitrogens with two attached hydrogens (primary N) is 1. The highest BCUT2D eigenvalue weighted by molar-refractivity contribution is 5.27. The molecule has 0 aromatic heterocycles. The van der Waals surface area contributed by atoms with Gasteiger partial charge in [0.2, 0.25) is 0 Å². The Hall–Kier alpha value is -0.930. The Labute approximate surface area is 82.5 Å². The third kappa shape index (κ3) is 1.94. The Morgan fingerprint density at radius 3 is 2.71 bits per heavy atom. The summed E-state index contributed by atoms with van der Waals surface area (Å²) in [7, 11) is 0. The van der Waals surface area contributed by atoms with Crippen LogP contribution in [0.1, 0.15) is 24.0 Å². The number of hydrogen-bond acceptors (Lipinski definition) is 2. The lowest BCUT2D eigenvalue weighted by molar-refractivity contribution is 0.281. The van der Waals surface area contributed by atoms with Crippen LogP contribution in [-0.4, -0.2) is 10.6 Å². The zero-order chi connectivity index (χ0) is 10.2. The zero-order valence-electron chi connectivity index (χ0n) is 7.96. The highest BCUT2D eigenvalue weighted by atomic mass is 19.1. The minimum Gasteiger partial charge on any atom is -0.392 e. The van der Waals surface area contributed by atoms with Crippen molar-refractivity contribution >= 4 is 0 Å². The summed E-state index contributed by atoms with van der Waals surface area (Å²) in [4.78, 5) is 0. The molecule has 0 spiro atoms. The standard InChI is InChI=1S/C11H14FNO/c12-10-2-1-8(7-14)5-9(10)6-11(13)3-4-11/h1-2,5,14H,3-4,6-7,13H2. The number of benzene rings is 1. The van der Waals surface area contributed by atoms with Gasteiger partial charge in [-0.1, -0.05) is 12.1 Å². The average Bonchev–Trinajstić information content (AvgIpc) is 2.88. The number of aliphatic hydroxyl groups excluding tert-OH is 1. The Morgan fingerprint density at radius 2 is 2.14 bits per heavy atom. The van der Waals surface area contributed by atoms with Crippen LogP contribution in [-0.2, 0) is 13.0 Å². The molecule has 0 heterocycles. The average molecular weight is 195 g/mol. The second-order valence-corrected chi connectivity index (χ2v) is 4.12. The topological polar surface area (TPSA) is 46.2 Å². The first kappa shape index (κ1) is 9.62.